The molecule has 0 radical (unpaired) electrons. The monoisotopic (exact) mass is 319 g/mol. The fourth-order valence-electron chi connectivity index (χ4n) is 2.54. The molecule has 0 N–H and O–H groups in total. The fourth-order valence-corrected chi connectivity index (χ4v) is 3.41. The number of aromatic nitrogens is 4. The molecular formula is C15H21N5OS. The van der Waals surface area contributed by atoms with Crippen LogP contribution >= 0.6 is 11.8 Å². The number of aryl methyl sites for hydroxylation is 1. The van der Waals surface area contributed by atoms with Crippen LogP contribution in [0.2, 0.25) is 0 Å². The maximum atomic E-state index is 5.47. The lowest BCUT2D eigenvalue weighted by Crippen LogP contribution is -2.44. The van der Waals surface area contributed by atoms with Gasteiger partial charge in [0.25, 0.3) is 0 Å². The van der Waals surface area contributed by atoms with Gasteiger partial charge in [0.1, 0.15) is 0 Å². The van der Waals surface area contributed by atoms with Gasteiger partial charge in [-0.05, 0) is 42.0 Å². The Hall–Kier alpha value is -1.44. The number of rotatable bonds is 5. The van der Waals surface area contributed by atoms with Crippen LogP contribution in [0.3, 0.4) is 0 Å². The van der Waals surface area contributed by atoms with Crippen molar-refractivity contribution in [3.05, 3.63) is 29.8 Å². The number of thioether (sulfide) groups is 1. The molecule has 1 aliphatic rings. The summed E-state index contributed by atoms with van der Waals surface area (Å²) in [7, 11) is 0. The van der Waals surface area contributed by atoms with Crippen LogP contribution < -0.4 is 0 Å². The molecule has 0 aliphatic carbocycles. The van der Waals surface area contributed by atoms with E-state index in [2.05, 4.69) is 46.4 Å². The van der Waals surface area contributed by atoms with E-state index in [-0.39, 0.29) is 0 Å². The lowest BCUT2D eigenvalue weighted by atomic mass is 10.2. The molecule has 1 aliphatic heterocycles. The van der Waals surface area contributed by atoms with E-state index in [1.807, 2.05) is 12.1 Å². The highest BCUT2D eigenvalue weighted by molar-refractivity contribution is 7.99. The summed E-state index contributed by atoms with van der Waals surface area (Å²) in [5.74, 6) is 0.969. The standard InChI is InChI=1S/C15H21N5OS/c1-12-4-3-5-14(10-12)20-15(16-17-18-20)22-9-7-19-6-8-21-11-13(19)2/h3-5,10,13H,6-9,11H2,1-2H3/t13-/m0/s1. The van der Waals surface area contributed by atoms with Crippen molar-refractivity contribution in [2.45, 2.75) is 25.0 Å². The number of benzene rings is 1. The van der Waals surface area contributed by atoms with Crippen LogP contribution in [0, 0.1) is 6.92 Å². The van der Waals surface area contributed by atoms with Gasteiger partial charge in [0.2, 0.25) is 5.16 Å². The van der Waals surface area contributed by atoms with Gasteiger partial charge in [-0.1, -0.05) is 23.9 Å². The summed E-state index contributed by atoms with van der Waals surface area (Å²) in [6, 6.07) is 8.70. The van der Waals surface area contributed by atoms with Gasteiger partial charge in [-0.15, -0.1) is 5.10 Å². The minimum Gasteiger partial charge on any atom is -0.379 e. The molecule has 22 heavy (non-hydrogen) atoms. The summed E-state index contributed by atoms with van der Waals surface area (Å²) in [6.45, 7) is 7.96. The van der Waals surface area contributed by atoms with E-state index >= 15 is 0 Å². The molecule has 1 aromatic carbocycles. The molecule has 2 heterocycles. The van der Waals surface area contributed by atoms with E-state index in [0.29, 0.717) is 6.04 Å². The Balaban J connectivity index is 1.61. The summed E-state index contributed by atoms with van der Waals surface area (Å²) >= 11 is 1.69. The SMILES string of the molecule is Cc1cccc(-n2nnnc2SCCN2CCOC[C@@H]2C)c1. The molecule has 7 heteroatoms. The number of nitrogens with zero attached hydrogens (tertiary/aromatic N) is 5. The Morgan fingerprint density at radius 2 is 2.32 bits per heavy atom. The molecular weight excluding hydrogens is 298 g/mol. The van der Waals surface area contributed by atoms with E-state index in [4.69, 9.17) is 4.74 Å². The van der Waals surface area contributed by atoms with Crippen LogP contribution in [-0.2, 0) is 4.74 Å². The van der Waals surface area contributed by atoms with Crippen molar-refractivity contribution in [1.29, 1.82) is 0 Å². The minimum absolute atomic E-state index is 0.488. The zero-order valence-electron chi connectivity index (χ0n) is 13.0. The molecule has 1 saturated heterocycles. The Morgan fingerprint density at radius 3 is 3.14 bits per heavy atom. The number of tetrazole rings is 1. The van der Waals surface area contributed by atoms with E-state index in [1.54, 1.807) is 16.4 Å². The van der Waals surface area contributed by atoms with Gasteiger partial charge in [0.05, 0.1) is 18.9 Å². The van der Waals surface area contributed by atoms with Crippen molar-refractivity contribution in [3.8, 4) is 5.69 Å². The van der Waals surface area contributed by atoms with Gasteiger partial charge in [-0.2, -0.15) is 4.68 Å². The highest BCUT2D eigenvalue weighted by atomic mass is 32.2. The summed E-state index contributed by atoms with van der Waals surface area (Å²) in [6.07, 6.45) is 0. The zero-order chi connectivity index (χ0) is 15.4. The van der Waals surface area contributed by atoms with Crippen molar-refractivity contribution in [3.63, 3.8) is 0 Å². The van der Waals surface area contributed by atoms with Gasteiger partial charge in [0.15, 0.2) is 0 Å². The third kappa shape index (κ3) is 3.66. The third-order valence-electron chi connectivity index (χ3n) is 3.80. The van der Waals surface area contributed by atoms with Crippen molar-refractivity contribution >= 4 is 11.8 Å². The van der Waals surface area contributed by atoms with E-state index in [9.17, 15) is 0 Å². The van der Waals surface area contributed by atoms with Crippen LogP contribution in [0.1, 0.15) is 12.5 Å². The third-order valence-corrected chi connectivity index (χ3v) is 4.70. The molecule has 3 rings (SSSR count). The van der Waals surface area contributed by atoms with Crippen LogP contribution in [0.5, 0.6) is 0 Å². The van der Waals surface area contributed by atoms with Crippen molar-refractivity contribution in [1.82, 2.24) is 25.1 Å². The molecule has 0 bridgehead atoms. The summed E-state index contributed by atoms with van der Waals surface area (Å²) in [5, 5.41) is 12.9. The Labute approximate surface area is 134 Å². The average Bonchev–Trinajstić information content (AvgIpc) is 2.98. The van der Waals surface area contributed by atoms with Gasteiger partial charge in [0, 0.05) is 24.9 Å². The second-order valence-electron chi connectivity index (χ2n) is 5.52. The molecule has 0 saturated carbocycles. The Bertz CT molecular complexity index is 617. The largest absolute Gasteiger partial charge is 0.379 e. The maximum absolute atomic E-state index is 5.47. The van der Waals surface area contributed by atoms with Crippen LogP contribution in [0.25, 0.3) is 5.69 Å². The minimum atomic E-state index is 0.488. The number of morpholine rings is 1. The smallest absolute Gasteiger partial charge is 0.214 e. The molecule has 6 nitrogen and oxygen atoms in total. The molecule has 1 atom stereocenters. The first-order valence-corrected chi connectivity index (χ1v) is 8.52. The second-order valence-corrected chi connectivity index (χ2v) is 6.58. The van der Waals surface area contributed by atoms with Gasteiger partial charge in [-0.25, -0.2) is 0 Å². The van der Waals surface area contributed by atoms with Gasteiger partial charge < -0.3 is 4.74 Å². The number of ether oxygens (including phenoxy) is 1. The second kappa shape index (κ2) is 7.21. The predicted octanol–water partition coefficient (Wildman–Crippen LogP) is 1.78. The quantitative estimate of drug-likeness (QED) is 0.783. The summed E-state index contributed by atoms with van der Waals surface area (Å²) < 4.78 is 7.27. The maximum Gasteiger partial charge on any atom is 0.214 e. The fraction of sp³-hybridized carbons (Fsp3) is 0.533. The Morgan fingerprint density at radius 1 is 1.41 bits per heavy atom. The molecule has 0 amide bonds. The number of hydrogen-bond donors (Lipinski definition) is 0. The molecule has 1 fully saturated rings. The van der Waals surface area contributed by atoms with Crippen LogP contribution in [0.15, 0.2) is 29.4 Å². The van der Waals surface area contributed by atoms with Gasteiger partial charge in [-0.3, -0.25) is 4.90 Å². The molecule has 1 aromatic heterocycles. The van der Waals surface area contributed by atoms with E-state index < -0.39 is 0 Å². The average molecular weight is 319 g/mol. The lowest BCUT2D eigenvalue weighted by molar-refractivity contribution is 0.00298. The van der Waals surface area contributed by atoms with Crippen LogP contribution in [0.4, 0.5) is 0 Å². The first-order chi connectivity index (χ1) is 10.7. The first-order valence-electron chi connectivity index (χ1n) is 7.54. The Kier molecular flexibility index (Phi) is 5.07. The molecule has 0 unspecified atom stereocenters. The lowest BCUT2D eigenvalue weighted by Gasteiger charge is -2.32. The molecule has 0 spiro atoms. The zero-order valence-corrected chi connectivity index (χ0v) is 13.8. The highest BCUT2D eigenvalue weighted by Gasteiger charge is 2.18. The normalized spacial score (nSPS) is 19.5. The summed E-state index contributed by atoms with van der Waals surface area (Å²) in [5.41, 5.74) is 2.21. The number of hydrogen-bond acceptors (Lipinski definition) is 6. The summed E-state index contributed by atoms with van der Waals surface area (Å²) in [4.78, 5) is 2.46. The van der Waals surface area contributed by atoms with Gasteiger partial charge >= 0.3 is 0 Å². The van der Waals surface area contributed by atoms with Crippen molar-refractivity contribution in [2.75, 3.05) is 32.1 Å². The first kappa shape index (κ1) is 15.5. The van der Waals surface area contributed by atoms with E-state index in [0.717, 1.165) is 42.9 Å². The van der Waals surface area contributed by atoms with E-state index in [1.165, 1.54) is 5.56 Å². The van der Waals surface area contributed by atoms with Crippen molar-refractivity contribution < 1.29 is 4.74 Å². The highest BCUT2D eigenvalue weighted by Crippen LogP contribution is 2.19. The van der Waals surface area contributed by atoms with Crippen molar-refractivity contribution in [2.24, 2.45) is 0 Å². The topological polar surface area (TPSA) is 56.1 Å². The molecule has 2 aromatic rings. The molecule has 118 valence electrons. The van der Waals surface area contributed by atoms with Crippen LogP contribution in [-0.4, -0.2) is 63.2 Å². The predicted molar refractivity (Wildman–Crippen MR) is 86.5 cm³/mol.